The number of unbranched alkanes of at least 4 members (excludes halogenated alkanes) is 3. The first-order chi connectivity index (χ1) is 14.6. The van der Waals surface area contributed by atoms with Crippen molar-refractivity contribution in [3.63, 3.8) is 0 Å². The lowest BCUT2D eigenvalue weighted by Crippen LogP contribution is -2.06. The van der Waals surface area contributed by atoms with Gasteiger partial charge in [0.05, 0.1) is 5.52 Å². The molecule has 0 saturated heterocycles. The van der Waals surface area contributed by atoms with Crippen molar-refractivity contribution >= 4 is 65.3 Å². The Balaban J connectivity index is 0.00000256. The van der Waals surface area contributed by atoms with Gasteiger partial charge in [-0.25, -0.2) is 9.97 Å². The quantitative estimate of drug-likeness (QED) is 0.288. The molecule has 4 nitrogen and oxygen atoms in total. The fraction of sp³-hybridized carbons (Fsp3) is 0.360. The average Bonchev–Trinajstić information content (AvgIpc) is 2.75. The topological polar surface area (TPSA) is 63.8 Å². The second kappa shape index (κ2) is 14.3. The molecule has 0 radical (unpaired) electrons. The molecule has 0 aliphatic heterocycles. The lowest BCUT2D eigenvalue weighted by atomic mass is 10.0. The van der Waals surface area contributed by atoms with E-state index in [-0.39, 0.29) is 24.8 Å². The number of benzene rings is 2. The van der Waals surface area contributed by atoms with E-state index in [1.807, 2.05) is 36.4 Å². The first-order valence-corrected chi connectivity index (χ1v) is 11.1. The molecule has 3 aromatic rings. The standard InChI is InChI=1S/C25H31ClN4.2ClH/c1-18(2)20-10-13-23-22(17-20)25(28-16-6-4-3-5-15-27)30-24(29-23)14-9-19-7-11-21(26)12-8-19;;/h7-14,17-18H,3-6,15-16,27H2,1-2H3,(H,28,29,30);2*1H/b14-9+;;. The van der Waals surface area contributed by atoms with Crippen molar-refractivity contribution in [2.45, 2.75) is 45.4 Å². The fourth-order valence-corrected chi connectivity index (χ4v) is 3.43. The van der Waals surface area contributed by atoms with Crippen LogP contribution in [0.1, 0.15) is 62.4 Å². The molecule has 0 bridgehead atoms. The Morgan fingerprint density at radius 3 is 2.34 bits per heavy atom. The molecular weight excluding hydrogens is 463 g/mol. The van der Waals surface area contributed by atoms with Crippen LogP contribution >= 0.6 is 36.4 Å². The van der Waals surface area contributed by atoms with Crippen LogP contribution in [-0.4, -0.2) is 23.1 Å². The van der Waals surface area contributed by atoms with Crippen LogP contribution in [-0.2, 0) is 0 Å². The van der Waals surface area contributed by atoms with Gasteiger partial charge in [-0.1, -0.05) is 62.6 Å². The van der Waals surface area contributed by atoms with Crippen LogP contribution in [0.15, 0.2) is 42.5 Å². The zero-order valence-corrected chi connectivity index (χ0v) is 21.1. The Hall–Kier alpha value is -1.85. The predicted octanol–water partition coefficient (Wildman–Crippen LogP) is 7.35. The summed E-state index contributed by atoms with van der Waals surface area (Å²) in [6.07, 6.45) is 8.50. The van der Waals surface area contributed by atoms with E-state index in [1.165, 1.54) is 18.4 Å². The molecule has 174 valence electrons. The number of fused-ring (bicyclic) bond motifs is 1. The first-order valence-electron chi connectivity index (χ1n) is 10.8. The summed E-state index contributed by atoms with van der Waals surface area (Å²) in [5, 5.41) is 5.35. The van der Waals surface area contributed by atoms with E-state index >= 15 is 0 Å². The van der Waals surface area contributed by atoms with Gasteiger partial charge in [-0.05, 0) is 66.8 Å². The number of rotatable bonds is 10. The Morgan fingerprint density at radius 2 is 1.66 bits per heavy atom. The Labute approximate surface area is 208 Å². The zero-order chi connectivity index (χ0) is 21.3. The zero-order valence-electron chi connectivity index (χ0n) is 18.7. The molecule has 2 aromatic carbocycles. The van der Waals surface area contributed by atoms with E-state index in [0.29, 0.717) is 11.7 Å². The molecule has 3 rings (SSSR count). The van der Waals surface area contributed by atoms with Crippen LogP contribution in [0.3, 0.4) is 0 Å². The monoisotopic (exact) mass is 494 g/mol. The molecule has 0 spiro atoms. The molecule has 0 aliphatic rings. The number of nitrogens with zero attached hydrogens (tertiary/aromatic N) is 2. The van der Waals surface area contributed by atoms with Crippen molar-refractivity contribution in [1.82, 2.24) is 9.97 Å². The summed E-state index contributed by atoms with van der Waals surface area (Å²) in [5.74, 6) is 2.06. The van der Waals surface area contributed by atoms with Crippen molar-refractivity contribution < 1.29 is 0 Å². The van der Waals surface area contributed by atoms with Crippen molar-refractivity contribution in [2.24, 2.45) is 5.73 Å². The molecule has 0 unspecified atom stereocenters. The molecule has 0 atom stereocenters. The highest BCUT2D eigenvalue weighted by atomic mass is 35.5. The SMILES string of the molecule is CC(C)c1ccc2nc(/C=C/c3ccc(Cl)cc3)nc(NCCCCCCN)c2c1.Cl.Cl. The molecule has 0 fully saturated rings. The molecule has 0 amide bonds. The third kappa shape index (κ3) is 8.25. The lowest BCUT2D eigenvalue weighted by molar-refractivity contribution is 0.661. The third-order valence-corrected chi connectivity index (χ3v) is 5.37. The highest BCUT2D eigenvalue weighted by Crippen LogP contribution is 2.26. The number of anilines is 1. The smallest absolute Gasteiger partial charge is 0.154 e. The summed E-state index contributed by atoms with van der Waals surface area (Å²) >= 11 is 5.98. The molecular formula is C25H33Cl3N4. The fourth-order valence-electron chi connectivity index (χ4n) is 3.31. The van der Waals surface area contributed by atoms with Gasteiger partial charge in [-0.15, -0.1) is 24.8 Å². The summed E-state index contributed by atoms with van der Waals surface area (Å²) in [6, 6.07) is 14.2. The van der Waals surface area contributed by atoms with Crippen LogP contribution in [0.5, 0.6) is 0 Å². The summed E-state index contributed by atoms with van der Waals surface area (Å²) in [7, 11) is 0. The molecule has 1 heterocycles. The van der Waals surface area contributed by atoms with Gasteiger partial charge >= 0.3 is 0 Å². The maximum absolute atomic E-state index is 5.98. The summed E-state index contributed by atoms with van der Waals surface area (Å²) in [4.78, 5) is 9.57. The van der Waals surface area contributed by atoms with Crippen LogP contribution in [0, 0.1) is 0 Å². The predicted molar refractivity (Wildman–Crippen MR) is 145 cm³/mol. The highest BCUT2D eigenvalue weighted by Gasteiger charge is 2.09. The molecule has 0 saturated carbocycles. The highest BCUT2D eigenvalue weighted by molar-refractivity contribution is 6.30. The van der Waals surface area contributed by atoms with Crippen LogP contribution in [0.2, 0.25) is 5.02 Å². The maximum Gasteiger partial charge on any atom is 0.154 e. The van der Waals surface area contributed by atoms with Gasteiger partial charge in [0.15, 0.2) is 5.82 Å². The van der Waals surface area contributed by atoms with Gasteiger partial charge in [0, 0.05) is 17.0 Å². The second-order valence-electron chi connectivity index (χ2n) is 7.88. The summed E-state index contributed by atoms with van der Waals surface area (Å²) < 4.78 is 0. The number of aromatic nitrogens is 2. The van der Waals surface area contributed by atoms with Crippen molar-refractivity contribution in [3.8, 4) is 0 Å². The summed E-state index contributed by atoms with van der Waals surface area (Å²) in [6.45, 7) is 6.07. The Morgan fingerprint density at radius 1 is 0.938 bits per heavy atom. The van der Waals surface area contributed by atoms with Crippen molar-refractivity contribution in [1.29, 1.82) is 0 Å². The summed E-state index contributed by atoms with van der Waals surface area (Å²) in [5.41, 5.74) is 8.89. The van der Waals surface area contributed by atoms with Crippen molar-refractivity contribution in [2.75, 3.05) is 18.4 Å². The number of halogens is 3. The Bertz CT molecular complexity index is 988. The lowest BCUT2D eigenvalue weighted by Gasteiger charge is -2.12. The Kier molecular flexibility index (Phi) is 12.6. The normalized spacial score (nSPS) is 10.9. The van der Waals surface area contributed by atoms with E-state index < -0.39 is 0 Å². The largest absolute Gasteiger partial charge is 0.369 e. The molecule has 7 heteroatoms. The minimum atomic E-state index is 0. The third-order valence-electron chi connectivity index (χ3n) is 5.12. The van der Waals surface area contributed by atoms with Gasteiger partial charge < -0.3 is 11.1 Å². The van der Waals surface area contributed by atoms with E-state index in [1.54, 1.807) is 0 Å². The van der Waals surface area contributed by atoms with E-state index in [4.69, 9.17) is 27.3 Å². The van der Waals surface area contributed by atoms with Crippen LogP contribution in [0.25, 0.3) is 23.1 Å². The minimum Gasteiger partial charge on any atom is -0.369 e. The van der Waals surface area contributed by atoms with Crippen LogP contribution in [0.4, 0.5) is 5.82 Å². The van der Waals surface area contributed by atoms with E-state index in [9.17, 15) is 0 Å². The van der Waals surface area contributed by atoms with Gasteiger partial charge in [0.1, 0.15) is 5.82 Å². The van der Waals surface area contributed by atoms with Crippen molar-refractivity contribution in [3.05, 3.63) is 64.4 Å². The minimum absolute atomic E-state index is 0. The second-order valence-corrected chi connectivity index (χ2v) is 8.31. The van der Waals surface area contributed by atoms with E-state index in [0.717, 1.165) is 53.2 Å². The van der Waals surface area contributed by atoms with Gasteiger partial charge in [-0.2, -0.15) is 0 Å². The average molecular weight is 496 g/mol. The molecule has 1 aromatic heterocycles. The maximum atomic E-state index is 5.98. The van der Waals surface area contributed by atoms with Gasteiger partial charge in [-0.3, -0.25) is 0 Å². The van der Waals surface area contributed by atoms with Gasteiger partial charge in [0.2, 0.25) is 0 Å². The first kappa shape index (κ1) is 28.2. The van der Waals surface area contributed by atoms with E-state index in [2.05, 4.69) is 37.4 Å². The van der Waals surface area contributed by atoms with Crippen LogP contribution < -0.4 is 11.1 Å². The number of hydrogen-bond acceptors (Lipinski definition) is 4. The number of hydrogen-bond donors (Lipinski definition) is 2. The number of nitrogens with two attached hydrogens (primary N) is 1. The molecule has 32 heavy (non-hydrogen) atoms. The molecule has 0 aliphatic carbocycles. The van der Waals surface area contributed by atoms with Gasteiger partial charge in [0.25, 0.3) is 0 Å². The molecule has 3 N–H and O–H groups in total. The number of nitrogens with one attached hydrogen (secondary N) is 1.